The number of aromatic amines is 1. The largest absolute Gasteiger partial charge is 0.428 e. The van der Waals surface area contributed by atoms with Crippen LogP contribution in [0.25, 0.3) is 22.6 Å². The Bertz CT molecular complexity index is 1180. The fourth-order valence-electron chi connectivity index (χ4n) is 2.70. The monoisotopic (exact) mass is 366 g/mol. The summed E-state index contributed by atoms with van der Waals surface area (Å²) in [5.41, 5.74) is 0.942. The van der Waals surface area contributed by atoms with Crippen molar-refractivity contribution in [2.24, 2.45) is 0 Å². The highest BCUT2D eigenvalue weighted by molar-refractivity contribution is 6.12. The van der Waals surface area contributed by atoms with Gasteiger partial charge >= 0.3 is 0 Å². The molecule has 8 nitrogen and oxygen atoms in total. The molecule has 134 valence electrons. The number of carbonyl (C=O) groups excluding carboxylic acids is 1. The molecule has 0 aliphatic heterocycles. The lowest BCUT2D eigenvalue weighted by atomic mass is 10.1. The third-order valence-electron chi connectivity index (χ3n) is 3.91. The molecule has 2 heterocycles. The third kappa shape index (κ3) is 3.01. The van der Waals surface area contributed by atoms with Crippen LogP contribution >= 0.6 is 0 Å². The molecule has 0 saturated heterocycles. The van der Waals surface area contributed by atoms with Crippen molar-refractivity contribution in [1.29, 1.82) is 0 Å². The molecule has 2 aromatic heterocycles. The number of nitro benzene ring substituents is 1. The SMILES string of the molecule is O=C(Nc1ccccc1[N+](=O)[O-])c1cccc2[nH]c(-c3ccc(F)o3)nc12. The molecule has 2 aromatic carbocycles. The van der Waals surface area contributed by atoms with E-state index in [1.54, 1.807) is 24.3 Å². The lowest BCUT2D eigenvalue weighted by Gasteiger charge is -2.06. The van der Waals surface area contributed by atoms with E-state index in [0.29, 0.717) is 11.0 Å². The van der Waals surface area contributed by atoms with E-state index >= 15 is 0 Å². The lowest BCUT2D eigenvalue weighted by molar-refractivity contribution is -0.383. The molecule has 0 fully saturated rings. The minimum Gasteiger partial charge on any atom is -0.428 e. The number of halogens is 1. The molecule has 0 aliphatic rings. The molecular weight excluding hydrogens is 355 g/mol. The van der Waals surface area contributed by atoms with Crippen molar-refractivity contribution in [1.82, 2.24) is 9.97 Å². The number of furan rings is 1. The summed E-state index contributed by atoms with van der Waals surface area (Å²) in [4.78, 5) is 30.5. The van der Waals surface area contributed by atoms with Gasteiger partial charge in [0, 0.05) is 12.1 Å². The quantitative estimate of drug-likeness (QED) is 0.416. The van der Waals surface area contributed by atoms with Gasteiger partial charge in [-0.05, 0) is 24.3 Å². The van der Waals surface area contributed by atoms with Gasteiger partial charge in [0.15, 0.2) is 11.6 Å². The van der Waals surface area contributed by atoms with E-state index in [0.717, 1.165) is 6.07 Å². The number of hydrogen-bond donors (Lipinski definition) is 2. The van der Waals surface area contributed by atoms with Crippen molar-refractivity contribution >= 4 is 28.3 Å². The lowest BCUT2D eigenvalue weighted by Crippen LogP contribution is -2.13. The zero-order valence-electron chi connectivity index (χ0n) is 13.6. The molecule has 4 rings (SSSR count). The number of amides is 1. The Morgan fingerprint density at radius 3 is 2.70 bits per heavy atom. The van der Waals surface area contributed by atoms with E-state index < -0.39 is 16.8 Å². The van der Waals surface area contributed by atoms with Gasteiger partial charge in [0.1, 0.15) is 11.2 Å². The third-order valence-corrected chi connectivity index (χ3v) is 3.91. The number of aromatic nitrogens is 2. The maximum atomic E-state index is 13.1. The van der Waals surface area contributed by atoms with Crippen LogP contribution in [-0.4, -0.2) is 20.8 Å². The summed E-state index contributed by atoms with van der Waals surface area (Å²) < 4.78 is 18.0. The molecule has 27 heavy (non-hydrogen) atoms. The Morgan fingerprint density at radius 2 is 1.96 bits per heavy atom. The molecule has 0 aliphatic carbocycles. The molecule has 9 heteroatoms. The van der Waals surface area contributed by atoms with Gasteiger partial charge in [0.25, 0.3) is 17.6 Å². The number of H-pyrrole nitrogens is 1. The molecule has 0 unspecified atom stereocenters. The summed E-state index contributed by atoms with van der Waals surface area (Å²) in [6.45, 7) is 0. The van der Waals surface area contributed by atoms with Crippen LogP contribution in [0.4, 0.5) is 15.8 Å². The summed E-state index contributed by atoms with van der Waals surface area (Å²) in [6.07, 6.45) is 0. The van der Waals surface area contributed by atoms with E-state index in [4.69, 9.17) is 4.42 Å². The Balaban J connectivity index is 1.72. The van der Waals surface area contributed by atoms with Gasteiger partial charge < -0.3 is 14.7 Å². The van der Waals surface area contributed by atoms with Crippen LogP contribution in [0.3, 0.4) is 0 Å². The number of para-hydroxylation sites is 3. The molecule has 0 spiro atoms. The highest BCUT2D eigenvalue weighted by atomic mass is 19.1. The van der Waals surface area contributed by atoms with Crippen molar-refractivity contribution in [3.8, 4) is 11.6 Å². The Morgan fingerprint density at radius 1 is 1.15 bits per heavy atom. The Kier molecular flexibility index (Phi) is 3.88. The number of nitrogens with zero attached hydrogens (tertiary/aromatic N) is 2. The van der Waals surface area contributed by atoms with E-state index in [1.807, 2.05) is 0 Å². The predicted octanol–water partition coefficient (Wildman–Crippen LogP) is 4.12. The summed E-state index contributed by atoms with van der Waals surface area (Å²) in [5.74, 6) is -0.104. The zero-order chi connectivity index (χ0) is 19.0. The van der Waals surface area contributed by atoms with Crippen molar-refractivity contribution in [3.63, 3.8) is 0 Å². The van der Waals surface area contributed by atoms with Gasteiger partial charge in [-0.2, -0.15) is 4.39 Å². The van der Waals surface area contributed by atoms with Crippen LogP contribution in [0.2, 0.25) is 0 Å². The molecule has 1 amide bonds. The van der Waals surface area contributed by atoms with Gasteiger partial charge in [-0.25, -0.2) is 4.98 Å². The molecule has 0 atom stereocenters. The fourth-order valence-corrected chi connectivity index (χ4v) is 2.70. The van der Waals surface area contributed by atoms with Gasteiger partial charge in [-0.3, -0.25) is 14.9 Å². The topological polar surface area (TPSA) is 114 Å². The second-order valence-corrected chi connectivity index (χ2v) is 5.62. The molecule has 0 saturated carbocycles. The molecule has 0 radical (unpaired) electrons. The van der Waals surface area contributed by atoms with Crippen molar-refractivity contribution in [2.75, 3.05) is 5.32 Å². The van der Waals surface area contributed by atoms with Crippen molar-refractivity contribution in [3.05, 3.63) is 76.3 Å². The normalized spacial score (nSPS) is 10.9. The predicted molar refractivity (Wildman–Crippen MR) is 94.8 cm³/mol. The highest BCUT2D eigenvalue weighted by Crippen LogP contribution is 2.27. The van der Waals surface area contributed by atoms with Gasteiger partial charge in [-0.1, -0.05) is 18.2 Å². The van der Waals surface area contributed by atoms with Crippen LogP contribution in [0.5, 0.6) is 0 Å². The summed E-state index contributed by atoms with van der Waals surface area (Å²) >= 11 is 0. The van der Waals surface area contributed by atoms with E-state index in [9.17, 15) is 19.3 Å². The average molecular weight is 366 g/mol. The van der Waals surface area contributed by atoms with Crippen molar-refractivity contribution < 1.29 is 18.5 Å². The molecule has 0 bridgehead atoms. The number of anilines is 1. The Labute approximate surface area is 150 Å². The maximum Gasteiger partial charge on any atom is 0.292 e. The second-order valence-electron chi connectivity index (χ2n) is 5.62. The first-order valence-electron chi connectivity index (χ1n) is 7.82. The number of carbonyl (C=O) groups is 1. The van der Waals surface area contributed by atoms with Crippen LogP contribution < -0.4 is 5.32 Å². The number of nitro groups is 1. The van der Waals surface area contributed by atoms with E-state index in [2.05, 4.69) is 15.3 Å². The first-order chi connectivity index (χ1) is 13.0. The van der Waals surface area contributed by atoms with Crippen LogP contribution in [-0.2, 0) is 0 Å². The zero-order valence-corrected chi connectivity index (χ0v) is 13.6. The van der Waals surface area contributed by atoms with Gasteiger partial charge in [-0.15, -0.1) is 0 Å². The minimum atomic E-state index is -0.750. The number of imidazole rings is 1. The maximum absolute atomic E-state index is 13.1. The molecule has 4 aromatic rings. The second kappa shape index (κ2) is 6.37. The number of fused-ring (bicyclic) bond motifs is 1. The number of hydrogen-bond acceptors (Lipinski definition) is 5. The van der Waals surface area contributed by atoms with Crippen LogP contribution in [0.15, 0.2) is 59.0 Å². The van der Waals surface area contributed by atoms with Crippen LogP contribution in [0.1, 0.15) is 10.4 Å². The standard InChI is InChI=1S/C18H11FN4O4/c19-15-9-8-14(27-15)17-20-12-6-3-4-10(16(12)22-17)18(24)21-11-5-1-2-7-13(11)23(25)26/h1-9H,(H,20,22)(H,21,24). The molecule has 2 N–H and O–H groups in total. The smallest absolute Gasteiger partial charge is 0.292 e. The average Bonchev–Trinajstić information content (AvgIpc) is 3.27. The van der Waals surface area contributed by atoms with Crippen molar-refractivity contribution in [2.45, 2.75) is 0 Å². The summed E-state index contributed by atoms with van der Waals surface area (Å²) in [6, 6.07) is 12.5. The van der Waals surface area contributed by atoms with Gasteiger partial charge in [0.05, 0.1) is 16.0 Å². The first-order valence-corrected chi connectivity index (χ1v) is 7.82. The van der Waals surface area contributed by atoms with E-state index in [1.165, 1.54) is 24.3 Å². The highest BCUT2D eigenvalue weighted by Gasteiger charge is 2.19. The van der Waals surface area contributed by atoms with Gasteiger partial charge in [0.2, 0.25) is 0 Å². The number of nitrogens with one attached hydrogen (secondary N) is 2. The van der Waals surface area contributed by atoms with E-state index in [-0.39, 0.29) is 28.5 Å². The minimum absolute atomic E-state index is 0.0772. The number of rotatable bonds is 4. The molecular formula is C18H11FN4O4. The fraction of sp³-hybridized carbons (Fsp3) is 0. The number of benzene rings is 2. The summed E-state index contributed by atoms with van der Waals surface area (Å²) in [7, 11) is 0. The van der Waals surface area contributed by atoms with Crippen LogP contribution in [0, 0.1) is 16.1 Å². The first kappa shape index (κ1) is 16.5. The Hall–Kier alpha value is -4.01. The summed E-state index contributed by atoms with van der Waals surface area (Å²) in [5, 5.41) is 13.6.